The maximum atomic E-state index is 11.0. The number of carboxylic acids is 1. The molecular weight excluding hydrogens is 242 g/mol. The van der Waals surface area contributed by atoms with E-state index in [-0.39, 0.29) is 5.92 Å². The number of nitrogens with one attached hydrogen (secondary N) is 1. The molecule has 0 aliphatic heterocycles. The largest absolute Gasteiger partial charge is 0.497 e. The molecule has 1 aliphatic carbocycles. The molecule has 104 valence electrons. The zero-order valence-electron chi connectivity index (χ0n) is 11.3. The molecule has 0 heterocycles. The van der Waals surface area contributed by atoms with Gasteiger partial charge in [0, 0.05) is 12.6 Å². The molecule has 19 heavy (non-hydrogen) atoms. The average Bonchev–Trinajstić information content (AvgIpc) is 2.45. The highest BCUT2D eigenvalue weighted by atomic mass is 16.5. The van der Waals surface area contributed by atoms with Gasteiger partial charge in [-0.2, -0.15) is 0 Å². The first-order valence-corrected chi connectivity index (χ1v) is 6.78. The van der Waals surface area contributed by atoms with Crippen molar-refractivity contribution in [1.82, 2.24) is 5.32 Å². The molecule has 1 aromatic rings. The van der Waals surface area contributed by atoms with Gasteiger partial charge in [0.25, 0.3) is 0 Å². The molecule has 0 radical (unpaired) electrons. The van der Waals surface area contributed by atoms with Crippen molar-refractivity contribution in [3.05, 3.63) is 29.8 Å². The third-order valence-electron chi connectivity index (χ3n) is 3.75. The number of hydrogen-bond acceptors (Lipinski definition) is 3. The SMILES string of the molecule is COc1cccc(CNC2CCCC(C(=O)O)C2)c1. The van der Waals surface area contributed by atoms with E-state index in [0.717, 1.165) is 43.5 Å². The van der Waals surface area contributed by atoms with Crippen molar-refractivity contribution in [3.8, 4) is 5.75 Å². The lowest BCUT2D eigenvalue weighted by molar-refractivity contribution is -0.143. The summed E-state index contributed by atoms with van der Waals surface area (Å²) in [4.78, 5) is 11.0. The maximum Gasteiger partial charge on any atom is 0.306 e. The summed E-state index contributed by atoms with van der Waals surface area (Å²) in [6, 6.07) is 8.25. The van der Waals surface area contributed by atoms with Crippen LogP contribution in [0.1, 0.15) is 31.2 Å². The second-order valence-corrected chi connectivity index (χ2v) is 5.13. The second kappa shape index (κ2) is 6.57. The van der Waals surface area contributed by atoms with Crippen LogP contribution in [0.3, 0.4) is 0 Å². The minimum atomic E-state index is -0.659. The molecular formula is C15H21NO3. The Morgan fingerprint density at radius 2 is 2.32 bits per heavy atom. The first-order chi connectivity index (χ1) is 9.19. The molecule has 2 atom stereocenters. The molecule has 0 saturated heterocycles. The van der Waals surface area contributed by atoms with Crippen LogP contribution in [0.15, 0.2) is 24.3 Å². The minimum absolute atomic E-state index is 0.184. The standard InChI is InChI=1S/C15H21NO3/c1-19-14-7-2-4-11(8-14)10-16-13-6-3-5-12(9-13)15(17)18/h2,4,7-8,12-13,16H,3,5-6,9-10H2,1H3,(H,17,18). The van der Waals surface area contributed by atoms with E-state index in [9.17, 15) is 4.79 Å². The lowest BCUT2D eigenvalue weighted by Crippen LogP contribution is -2.36. The van der Waals surface area contributed by atoms with Crippen LogP contribution in [0.2, 0.25) is 0 Å². The van der Waals surface area contributed by atoms with E-state index in [0.29, 0.717) is 6.04 Å². The average molecular weight is 263 g/mol. The first-order valence-electron chi connectivity index (χ1n) is 6.78. The van der Waals surface area contributed by atoms with Crippen molar-refractivity contribution < 1.29 is 14.6 Å². The van der Waals surface area contributed by atoms with E-state index < -0.39 is 5.97 Å². The Hall–Kier alpha value is -1.55. The lowest BCUT2D eigenvalue weighted by atomic mass is 9.86. The summed E-state index contributed by atoms with van der Waals surface area (Å²) in [6.07, 6.45) is 3.60. The molecule has 1 saturated carbocycles. The van der Waals surface area contributed by atoms with Gasteiger partial charge >= 0.3 is 5.97 Å². The van der Waals surface area contributed by atoms with Gasteiger partial charge in [-0.3, -0.25) is 4.79 Å². The molecule has 0 bridgehead atoms. The van der Waals surface area contributed by atoms with Gasteiger partial charge in [-0.05, 0) is 37.0 Å². The van der Waals surface area contributed by atoms with Crippen LogP contribution >= 0.6 is 0 Å². The number of benzene rings is 1. The van der Waals surface area contributed by atoms with Crippen LogP contribution in [0.4, 0.5) is 0 Å². The molecule has 0 spiro atoms. The van der Waals surface area contributed by atoms with Crippen molar-refractivity contribution in [2.45, 2.75) is 38.3 Å². The van der Waals surface area contributed by atoms with E-state index in [1.807, 2.05) is 24.3 Å². The highest BCUT2D eigenvalue weighted by molar-refractivity contribution is 5.70. The van der Waals surface area contributed by atoms with Gasteiger partial charge in [-0.25, -0.2) is 0 Å². The second-order valence-electron chi connectivity index (χ2n) is 5.13. The van der Waals surface area contributed by atoms with E-state index >= 15 is 0 Å². The normalized spacial score (nSPS) is 23.0. The Morgan fingerprint density at radius 1 is 1.47 bits per heavy atom. The Balaban J connectivity index is 1.86. The third-order valence-corrected chi connectivity index (χ3v) is 3.75. The summed E-state index contributed by atoms with van der Waals surface area (Å²) in [5.41, 5.74) is 1.16. The predicted octanol–water partition coefficient (Wildman–Crippen LogP) is 2.43. The lowest BCUT2D eigenvalue weighted by Gasteiger charge is -2.27. The zero-order chi connectivity index (χ0) is 13.7. The molecule has 1 aliphatic rings. The Bertz CT molecular complexity index is 433. The van der Waals surface area contributed by atoms with E-state index in [1.165, 1.54) is 0 Å². The monoisotopic (exact) mass is 263 g/mol. The van der Waals surface area contributed by atoms with Crippen LogP contribution in [0.5, 0.6) is 5.75 Å². The van der Waals surface area contributed by atoms with Gasteiger partial charge in [0.2, 0.25) is 0 Å². The van der Waals surface area contributed by atoms with Crippen molar-refractivity contribution in [2.75, 3.05) is 7.11 Å². The summed E-state index contributed by atoms with van der Waals surface area (Å²) in [5, 5.41) is 12.5. The molecule has 1 fully saturated rings. The number of hydrogen-bond donors (Lipinski definition) is 2. The Kier molecular flexibility index (Phi) is 4.80. The van der Waals surface area contributed by atoms with Crippen molar-refractivity contribution >= 4 is 5.97 Å². The number of carbonyl (C=O) groups is 1. The van der Waals surface area contributed by atoms with Gasteiger partial charge in [-0.15, -0.1) is 0 Å². The third kappa shape index (κ3) is 3.96. The highest BCUT2D eigenvalue weighted by Gasteiger charge is 2.26. The number of methoxy groups -OCH3 is 1. The number of aliphatic carboxylic acids is 1. The molecule has 0 amide bonds. The summed E-state index contributed by atoms with van der Waals surface area (Å²) in [6.45, 7) is 0.758. The summed E-state index contributed by atoms with van der Waals surface area (Å²) in [7, 11) is 1.66. The van der Waals surface area contributed by atoms with Crippen LogP contribution in [-0.4, -0.2) is 24.2 Å². The van der Waals surface area contributed by atoms with Crippen LogP contribution < -0.4 is 10.1 Å². The quantitative estimate of drug-likeness (QED) is 0.856. The van der Waals surface area contributed by atoms with E-state index in [1.54, 1.807) is 7.11 Å². The smallest absolute Gasteiger partial charge is 0.306 e. The van der Waals surface area contributed by atoms with Crippen LogP contribution in [0, 0.1) is 5.92 Å². The van der Waals surface area contributed by atoms with Gasteiger partial charge in [0.05, 0.1) is 13.0 Å². The van der Waals surface area contributed by atoms with E-state index in [4.69, 9.17) is 9.84 Å². The molecule has 2 N–H and O–H groups in total. The number of rotatable bonds is 5. The topological polar surface area (TPSA) is 58.6 Å². The van der Waals surface area contributed by atoms with E-state index in [2.05, 4.69) is 5.32 Å². The van der Waals surface area contributed by atoms with Crippen molar-refractivity contribution in [2.24, 2.45) is 5.92 Å². The highest BCUT2D eigenvalue weighted by Crippen LogP contribution is 2.24. The van der Waals surface area contributed by atoms with Gasteiger partial charge in [-0.1, -0.05) is 18.6 Å². The van der Waals surface area contributed by atoms with Crippen LogP contribution in [-0.2, 0) is 11.3 Å². The predicted molar refractivity (Wildman–Crippen MR) is 73.2 cm³/mol. The van der Waals surface area contributed by atoms with Crippen molar-refractivity contribution in [1.29, 1.82) is 0 Å². The molecule has 4 nitrogen and oxygen atoms in total. The molecule has 4 heteroatoms. The first kappa shape index (κ1) is 13.9. The summed E-state index contributed by atoms with van der Waals surface area (Å²) >= 11 is 0. The molecule has 1 aromatic carbocycles. The summed E-state index contributed by atoms with van der Waals surface area (Å²) < 4.78 is 5.19. The molecule has 0 aromatic heterocycles. The zero-order valence-corrected chi connectivity index (χ0v) is 11.3. The maximum absolute atomic E-state index is 11.0. The van der Waals surface area contributed by atoms with Gasteiger partial charge in [0.1, 0.15) is 5.75 Å². The fourth-order valence-corrected chi connectivity index (χ4v) is 2.64. The summed E-state index contributed by atoms with van der Waals surface area (Å²) in [5.74, 6) is 0.01000. The fourth-order valence-electron chi connectivity index (χ4n) is 2.64. The van der Waals surface area contributed by atoms with Gasteiger partial charge < -0.3 is 15.2 Å². The van der Waals surface area contributed by atoms with Crippen LogP contribution in [0.25, 0.3) is 0 Å². The van der Waals surface area contributed by atoms with Gasteiger partial charge in [0.15, 0.2) is 0 Å². The fraction of sp³-hybridized carbons (Fsp3) is 0.533. The Morgan fingerprint density at radius 3 is 3.05 bits per heavy atom. The molecule has 2 unspecified atom stereocenters. The number of carboxylic acid groups (broad SMARTS) is 1. The number of ether oxygens (including phenoxy) is 1. The minimum Gasteiger partial charge on any atom is -0.497 e. The van der Waals surface area contributed by atoms with Crippen molar-refractivity contribution in [3.63, 3.8) is 0 Å². The molecule has 2 rings (SSSR count). The Labute approximate surface area is 113 Å².